The number of para-hydroxylation sites is 1. The van der Waals surface area contributed by atoms with Crippen LogP contribution in [0.5, 0.6) is 0 Å². The minimum atomic E-state index is -0.277. The van der Waals surface area contributed by atoms with E-state index in [-0.39, 0.29) is 11.5 Å². The molecule has 1 amide bonds. The van der Waals surface area contributed by atoms with Gasteiger partial charge in [-0.2, -0.15) is 0 Å². The molecule has 0 aliphatic heterocycles. The zero-order valence-corrected chi connectivity index (χ0v) is 17.7. The van der Waals surface area contributed by atoms with Crippen LogP contribution in [0.2, 0.25) is 5.02 Å². The molecule has 0 radical (unpaired) electrons. The Labute approximate surface area is 179 Å². The molecular formula is C25H21ClN2O2. The SMILES string of the molecule is Cc1ccc(NC(=O)c2cc3ccccc3oc2=Nc2ccc(Cl)c(C)c2)c(C)c1. The van der Waals surface area contributed by atoms with Crippen molar-refractivity contribution in [2.45, 2.75) is 20.8 Å². The quantitative estimate of drug-likeness (QED) is 0.414. The van der Waals surface area contributed by atoms with Crippen molar-refractivity contribution in [3.63, 3.8) is 0 Å². The molecule has 5 heteroatoms. The molecule has 1 aromatic heterocycles. The first-order valence-electron chi connectivity index (χ1n) is 9.63. The molecule has 0 aliphatic carbocycles. The highest BCUT2D eigenvalue weighted by Crippen LogP contribution is 2.22. The van der Waals surface area contributed by atoms with Crippen LogP contribution in [0.1, 0.15) is 27.0 Å². The van der Waals surface area contributed by atoms with Crippen LogP contribution in [0.3, 0.4) is 0 Å². The van der Waals surface area contributed by atoms with Gasteiger partial charge in [0.05, 0.1) is 5.69 Å². The van der Waals surface area contributed by atoms with Crippen molar-refractivity contribution in [1.82, 2.24) is 0 Å². The molecule has 0 fully saturated rings. The number of anilines is 1. The number of nitrogens with one attached hydrogen (secondary N) is 1. The summed E-state index contributed by atoms with van der Waals surface area (Å²) in [6.07, 6.45) is 0. The largest absolute Gasteiger partial charge is 0.438 e. The summed E-state index contributed by atoms with van der Waals surface area (Å²) in [5.41, 5.74) is 5.72. The third kappa shape index (κ3) is 4.14. The number of benzene rings is 3. The highest BCUT2D eigenvalue weighted by atomic mass is 35.5. The number of halogens is 1. The van der Waals surface area contributed by atoms with E-state index in [1.54, 1.807) is 18.2 Å². The summed E-state index contributed by atoms with van der Waals surface area (Å²) in [6.45, 7) is 5.90. The summed E-state index contributed by atoms with van der Waals surface area (Å²) < 4.78 is 6.01. The van der Waals surface area contributed by atoms with Crippen LogP contribution in [0.4, 0.5) is 11.4 Å². The molecular weight excluding hydrogens is 396 g/mol. The van der Waals surface area contributed by atoms with Crippen LogP contribution in [0.25, 0.3) is 11.0 Å². The summed E-state index contributed by atoms with van der Waals surface area (Å²) in [6, 6.07) is 20.7. The molecule has 4 nitrogen and oxygen atoms in total. The summed E-state index contributed by atoms with van der Waals surface area (Å²) in [4.78, 5) is 17.8. The zero-order valence-electron chi connectivity index (χ0n) is 17.0. The molecule has 3 aromatic carbocycles. The topological polar surface area (TPSA) is 54.6 Å². The fraction of sp³-hybridized carbons (Fsp3) is 0.120. The molecule has 1 N–H and O–H groups in total. The van der Waals surface area contributed by atoms with E-state index >= 15 is 0 Å². The van der Waals surface area contributed by atoms with E-state index in [0.717, 1.165) is 27.8 Å². The van der Waals surface area contributed by atoms with Crippen molar-refractivity contribution in [3.8, 4) is 0 Å². The van der Waals surface area contributed by atoms with Gasteiger partial charge in [-0.05, 0) is 68.3 Å². The van der Waals surface area contributed by atoms with Crippen LogP contribution in [-0.4, -0.2) is 5.91 Å². The number of carbonyl (C=O) groups excluding carboxylic acids is 1. The van der Waals surface area contributed by atoms with Gasteiger partial charge in [0.25, 0.3) is 5.91 Å². The Bertz CT molecular complexity index is 1340. The second kappa shape index (κ2) is 8.17. The lowest BCUT2D eigenvalue weighted by Crippen LogP contribution is -2.22. The molecule has 0 saturated heterocycles. The van der Waals surface area contributed by atoms with Gasteiger partial charge in [-0.3, -0.25) is 4.79 Å². The molecule has 1 heterocycles. The van der Waals surface area contributed by atoms with Crippen LogP contribution in [0, 0.1) is 20.8 Å². The molecule has 0 atom stereocenters. The molecule has 0 aliphatic rings. The van der Waals surface area contributed by atoms with Crippen LogP contribution in [0.15, 0.2) is 76.1 Å². The first-order chi connectivity index (χ1) is 14.4. The van der Waals surface area contributed by atoms with Gasteiger partial charge < -0.3 is 9.73 Å². The molecule has 4 aromatic rings. The van der Waals surface area contributed by atoms with E-state index in [1.165, 1.54) is 0 Å². The maximum absolute atomic E-state index is 13.2. The van der Waals surface area contributed by atoms with Crippen LogP contribution < -0.4 is 10.9 Å². The standard InChI is InChI=1S/C25H21ClN2O2/c1-15-8-11-22(17(3)12-15)28-24(29)20-14-18-6-4-5-7-23(18)30-25(20)27-19-9-10-21(26)16(2)13-19/h4-14H,1-3H3,(H,28,29). The smallest absolute Gasteiger partial charge is 0.261 e. The Morgan fingerprint density at radius 1 is 0.933 bits per heavy atom. The summed E-state index contributed by atoms with van der Waals surface area (Å²) >= 11 is 6.13. The van der Waals surface area contributed by atoms with E-state index in [9.17, 15) is 4.79 Å². The Morgan fingerprint density at radius 3 is 2.50 bits per heavy atom. The van der Waals surface area contributed by atoms with Gasteiger partial charge in [-0.1, -0.05) is 47.5 Å². The van der Waals surface area contributed by atoms with Gasteiger partial charge >= 0.3 is 0 Å². The fourth-order valence-corrected chi connectivity index (χ4v) is 3.39. The van der Waals surface area contributed by atoms with Crippen LogP contribution in [-0.2, 0) is 0 Å². The van der Waals surface area contributed by atoms with Crippen molar-refractivity contribution < 1.29 is 9.21 Å². The van der Waals surface area contributed by atoms with Gasteiger partial charge in [0, 0.05) is 16.1 Å². The average molecular weight is 417 g/mol. The minimum absolute atomic E-state index is 0.248. The lowest BCUT2D eigenvalue weighted by atomic mass is 10.1. The van der Waals surface area contributed by atoms with Crippen LogP contribution >= 0.6 is 11.6 Å². The third-order valence-electron chi connectivity index (χ3n) is 4.90. The minimum Gasteiger partial charge on any atom is -0.438 e. The Kier molecular flexibility index (Phi) is 5.42. The summed E-state index contributed by atoms with van der Waals surface area (Å²) in [5, 5.41) is 4.48. The van der Waals surface area contributed by atoms with Crippen molar-refractivity contribution in [3.05, 3.63) is 99.6 Å². The van der Waals surface area contributed by atoms with E-state index in [4.69, 9.17) is 16.0 Å². The summed E-state index contributed by atoms with van der Waals surface area (Å²) in [5.74, 6) is -0.277. The van der Waals surface area contributed by atoms with Gasteiger partial charge in [-0.25, -0.2) is 4.99 Å². The number of aryl methyl sites for hydroxylation is 3. The Morgan fingerprint density at radius 2 is 1.73 bits per heavy atom. The first-order valence-corrected chi connectivity index (χ1v) is 10.0. The lowest BCUT2D eigenvalue weighted by Gasteiger charge is -2.10. The number of fused-ring (bicyclic) bond motifs is 1. The maximum Gasteiger partial charge on any atom is 0.261 e. The zero-order chi connectivity index (χ0) is 21.3. The molecule has 150 valence electrons. The predicted octanol–water partition coefficient (Wildman–Crippen LogP) is 6.50. The lowest BCUT2D eigenvalue weighted by molar-refractivity contribution is 0.102. The fourth-order valence-electron chi connectivity index (χ4n) is 3.27. The molecule has 0 unspecified atom stereocenters. The number of hydrogen-bond acceptors (Lipinski definition) is 3. The number of carbonyl (C=O) groups is 1. The normalized spacial score (nSPS) is 11.7. The first kappa shape index (κ1) is 19.9. The average Bonchev–Trinajstić information content (AvgIpc) is 2.72. The molecule has 0 bridgehead atoms. The van der Waals surface area contributed by atoms with E-state index in [2.05, 4.69) is 10.3 Å². The highest BCUT2D eigenvalue weighted by Gasteiger charge is 2.14. The monoisotopic (exact) mass is 416 g/mol. The Hall–Kier alpha value is -3.37. The van der Waals surface area contributed by atoms with E-state index in [1.807, 2.05) is 69.3 Å². The summed E-state index contributed by atoms with van der Waals surface area (Å²) in [7, 11) is 0. The van der Waals surface area contributed by atoms with E-state index in [0.29, 0.717) is 21.9 Å². The predicted molar refractivity (Wildman–Crippen MR) is 121 cm³/mol. The molecule has 0 saturated carbocycles. The highest BCUT2D eigenvalue weighted by molar-refractivity contribution is 6.31. The van der Waals surface area contributed by atoms with Crippen molar-refractivity contribution in [2.75, 3.05) is 5.32 Å². The number of rotatable bonds is 3. The third-order valence-corrected chi connectivity index (χ3v) is 5.33. The van der Waals surface area contributed by atoms with E-state index < -0.39 is 0 Å². The molecule has 4 rings (SSSR count). The van der Waals surface area contributed by atoms with Gasteiger partial charge in [0.1, 0.15) is 11.1 Å². The number of nitrogens with zero attached hydrogens (tertiary/aromatic N) is 1. The Balaban J connectivity index is 1.84. The van der Waals surface area contributed by atoms with Gasteiger partial charge in [0.15, 0.2) is 0 Å². The maximum atomic E-state index is 13.2. The number of amides is 1. The van der Waals surface area contributed by atoms with Crippen molar-refractivity contribution in [2.24, 2.45) is 4.99 Å². The second-order valence-electron chi connectivity index (χ2n) is 7.32. The van der Waals surface area contributed by atoms with Gasteiger partial charge in [-0.15, -0.1) is 0 Å². The van der Waals surface area contributed by atoms with Crippen molar-refractivity contribution in [1.29, 1.82) is 0 Å². The molecule has 30 heavy (non-hydrogen) atoms. The molecule has 0 spiro atoms. The number of hydrogen-bond donors (Lipinski definition) is 1. The van der Waals surface area contributed by atoms with Crippen molar-refractivity contribution >= 4 is 39.9 Å². The van der Waals surface area contributed by atoms with Gasteiger partial charge in [0.2, 0.25) is 5.55 Å². The second-order valence-corrected chi connectivity index (χ2v) is 7.73.